The summed E-state index contributed by atoms with van der Waals surface area (Å²) in [5, 5.41) is 0. The van der Waals surface area contributed by atoms with Crippen LogP contribution in [-0.4, -0.2) is 19.3 Å². The van der Waals surface area contributed by atoms with E-state index >= 15 is 0 Å². The molecule has 1 aliphatic heterocycles. The summed E-state index contributed by atoms with van der Waals surface area (Å²) in [5.41, 5.74) is 6.05. The van der Waals surface area contributed by atoms with Crippen LogP contribution in [0.5, 0.6) is 0 Å². The quantitative estimate of drug-likeness (QED) is 0.712. The molecule has 78 valence electrons. The van der Waals surface area contributed by atoms with Crippen LogP contribution in [0.1, 0.15) is 39.5 Å². The maximum absolute atomic E-state index is 6.05. The third kappa shape index (κ3) is 4.63. The van der Waals surface area contributed by atoms with Crippen LogP contribution in [0.2, 0.25) is 0 Å². The second-order valence-electron chi connectivity index (χ2n) is 4.70. The van der Waals surface area contributed by atoms with Crippen LogP contribution in [0.4, 0.5) is 0 Å². The molecule has 0 radical (unpaired) electrons. The van der Waals surface area contributed by atoms with Gasteiger partial charge in [-0.05, 0) is 37.5 Å². The van der Waals surface area contributed by atoms with Crippen molar-refractivity contribution in [2.24, 2.45) is 17.6 Å². The van der Waals surface area contributed by atoms with Gasteiger partial charge in [-0.25, -0.2) is 0 Å². The normalized spacial score (nSPS) is 25.4. The first-order chi connectivity index (χ1) is 6.18. The van der Waals surface area contributed by atoms with Crippen LogP contribution in [0.25, 0.3) is 0 Å². The molecule has 0 bridgehead atoms. The highest BCUT2D eigenvalue weighted by atomic mass is 16.5. The zero-order chi connectivity index (χ0) is 9.68. The van der Waals surface area contributed by atoms with Crippen LogP contribution in [0.3, 0.4) is 0 Å². The Morgan fingerprint density at radius 1 is 1.38 bits per heavy atom. The Kier molecular flexibility index (Phi) is 4.74. The summed E-state index contributed by atoms with van der Waals surface area (Å²) in [5.74, 6) is 1.52. The van der Waals surface area contributed by atoms with E-state index in [2.05, 4.69) is 13.8 Å². The van der Waals surface area contributed by atoms with Crippen LogP contribution in [0.15, 0.2) is 0 Å². The average Bonchev–Trinajstić information content (AvgIpc) is 2.53. The minimum atomic E-state index is 0.397. The van der Waals surface area contributed by atoms with E-state index in [4.69, 9.17) is 10.5 Å². The third-order valence-corrected chi connectivity index (χ3v) is 2.77. The monoisotopic (exact) mass is 185 g/mol. The first-order valence-corrected chi connectivity index (χ1v) is 5.51. The van der Waals surface area contributed by atoms with Crippen molar-refractivity contribution in [3.63, 3.8) is 0 Å². The molecule has 13 heavy (non-hydrogen) atoms. The third-order valence-electron chi connectivity index (χ3n) is 2.77. The largest absolute Gasteiger partial charge is 0.381 e. The summed E-state index contributed by atoms with van der Waals surface area (Å²) in [6.45, 7) is 6.40. The SMILES string of the molecule is CC(C)CCC(N)CC1CCOC1. The fourth-order valence-electron chi connectivity index (χ4n) is 1.86. The molecule has 2 N–H and O–H groups in total. The van der Waals surface area contributed by atoms with Crippen molar-refractivity contribution in [1.82, 2.24) is 0 Å². The highest BCUT2D eigenvalue weighted by molar-refractivity contribution is 4.71. The van der Waals surface area contributed by atoms with Gasteiger partial charge in [-0.2, -0.15) is 0 Å². The highest BCUT2D eigenvalue weighted by Crippen LogP contribution is 2.19. The van der Waals surface area contributed by atoms with Gasteiger partial charge in [0.1, 0.15) is 0 Å². The van der Waals surface area contributed by atoms with E-state index in [-0.39, 0.29) is 0 Å². The lowest BCUT2D eigenvalue weighted by Gasteiger charge is -2.16. The molecule has 0 spiro atoms. The molecular weight excluding hydrogens is 162 g/mol. The zero-order valence-electron chi connectivity index (χ0n) is 8.96. The maximum Gasteiger partial charge on any atom is 0.0495 e. The summed E-state index contributed by atoms with van der Waals surface area (Å²) in [7, 11) is 0. The number of rotatable bonds is 5. The molecule has 0 aromatic carbocycles. The highest BCUT2D eigenvalue weighted by Gasteiger charge is 2.18. The molecule has 0 amide bonds. The van der Waals surface area contributed by atoms with Crippen molar-refractivity contribution in [2.75, 3.05) is 13.2 Å². The Morgan fingerprint density at radius 2 is 2.15 bits per heavy atom. The van der Waals surface area contributed by atoms with Crippen molar-refractivity contribution in [3.8, 4) is 0 Å². The van der Waals surface area contributed by atoms with Gasteiger partial charge in [0.05, 0.1) is 0 Å². The molecule has 1 heterocycles. The lowest BCUT2D eigenvalue weighted by molar-refractivity contribution is 0.182. The Labute approximate surface area is 81.8 Å². The van der Waals surface area contributed by atoms with E-state index in [1.165, 1.54) is 19.3 Å². The predicted octanol–water partition coefficient (Wildman–Crippen LogP) is 2.18. The molecule has 1 aliphatic rings. The Hall–Kier alpha value is -0.0800. The molecule has 1 fully saturated rings. The van der Waals surface area contributed by atoms with Crippen molar-refractivity contribution < 1.29 is 4.74 Å². The van der Waals surface area contributed by atoms with Crippen molar-refractivity contribution in [2.45, 2.75) is 45.6 Å². The standard InChI is InChI=1S/C11H23NO/c1-9(2)3-4-11(12)7-10-5-6-13-8-10/h9-11H,3-8,12H2,1-2H3. The Balaban J connectivity index is 2.05. The molecule has 2 unspecified atom stereocenters. The molecule has 2 heteroatoms. The molecule has 0 aliphatic carbocycles. The fourth-order valence-corrected chi connectivity index (χ4v) is 1.86. The van der Waals surface area contributed by atoms with Crippen molar-refractivity contribution in [1.29, 1.82) is 0 Å². The van der Waals surface area contributed by atoms with E-state index in [0.29, 0.717) is 6.04 Å². The Bertz CT molecular complexity index is 130. The molecule has 0 aromatic heterocycles. The van der Waals surface area contributed by atoms with Gasteiger partial charge >= 0.3 is 0 Å². The van der Waals surface area contributed by atoms with Crippen LogP contribution >= 0.6 is 0 Å². The van der Waals surface area contributed by atoms with E-state index in [9.17, 15) is 0 Å². The first kappa shape index (κ1) is 11.0. The lowest BCUT2D eigenvalue weighted by atomic mass is 9.94. The molecule has 0 saturated carbocycles. The summed E-state index contributed by atoms with van der Waals surface area (Å²) in [6.07, 6.45) is 4.81. The second-order valence-corrected chi connectivity index (χ2v) is 4.70. The summed E-state index contributed by atoms with van der Waals surface area (Å²) in [6, 6.07) is 0.397. The molecule has 0 aromatic rings. The smallest absolute Gasteiger partial charge is 0.0495 e. The number of hydrogen-bond donors (Lipinski definition) is 1. The van der Waals surface area contributed by atoms with Gasteiger partial charge in [0.2, 0.25) is 0 Å². The minimum Gasteiger partial charge on any atom is -0.381 e. The number of hydrogen-bond acceptors (Lipinski definition) is 2. The average molecular weight is 185 g/mol. The zero-order valence-corrected chi connectivity index (χ0v) is 8.96. The van der Waals surface area contributed by atoms with Gasteiger partial charge in [0.15, 0.2) is 0 Å². The fraction of sp³-hybridized carbons (Fsp3) is 1.00. The lowest BCUT2D eigenvalue weighted by Crippen LogP contribution is -2.24. The summed E-state index contributed by atoms with van der Waals surface area (Å²) < 4.78 is 5.33. The number of ether oxygens (including phenoxy) is 1. The van der Waals surface area contributed by atoms with E-state index in [1.807, 2.05) is 0 Å². The van der Waals surface area contributed by atoms with Crippen molar-refractivity contribution in [3.05, 3.63) is 0 Å². The molecule has 2 nitrogen and oxygen atoms in total. The minimum absolute atomic E-state index is 0.397. The molecular formula is C11H23NO. The first-order valence-electron chi connectivity index (χ1n) is 5.51. The molecule has 2 atom stereocenters. The van der Waals surface area contributed by atoms with Gasteiger partial charge < -0.3 is 10.5 Å². The summed E-state index contributed by atoms with van der Waals surface area (Å²) in [4.78, 5) is 0. The van der Waals surface area contributed by atoms with E-state index in [1.54, 1.807) is 0 Å². The van der Waals surface area contributed by atoms with Crippen LogP contribution in [-0.2, 0) is 4.74 Å². The molecule has 1 rings (SSSR count). The topological polar surface area (TPSA) is 35.2 Å². The molecule has 1 saturated heterocycles. The van der Waals surface area contributed by atoms with Crippen molar-refractivity contribution >= 4 is 0 Å². The van der Waals surface area contributed by atoms with E-state index < -0.39 is 0 Å². The number of nitrogens with two attached hydrogens (primary N) is 1. The Morgan fingerprint density at radius 3 is 2.69 bits per heavy atom. The van der Waals surface area contributed by atoms with Gasteiger partial charge in [0, 0.05) is 19.3 Å². The van der Waals surface area contributed by atoms with E-state index in [0.717, 1.165) is 31.5 Å². The second kappa shape index (κ2) is 5.61. The maximum atomic E-state index is 6.05. The summed E-state index contributed by atoms with van der Waals surface area (Å²) >= 11 is 0. The van der Waals surface area contributed by atoms with Gasteiger partial charge in [-0.1, -0.05) is 13.8 Å². The van der Waals surface area contributed by atoms with Gasteiger partial charge in [-0.3, -0.25) is 0 Å². The predicted molar refractivity (Wildman–Crippen MR) is 55.6 cm³/mol. The van der Waals surface area contributed by atoms with Crippen LogP contribution in [0, 0.1) is 11.8 Å². The van der Waals surface area contributed by atoms with Gasteiger partial charge in [-0.15, -0.1) is 0 Å². The van der Waals surface area contributed by atoms with Crippen LogP contribution < -0.4 is 5.73 Å². The van der Waals surface area contributed by atoms with Gasteiger partial charge in [0.25, 0.3) is 0 Å².